The summed E-state index contributed by atoms with van der Waals surface area (Å²) in [4.78, 5) is 13.8. The molecular formula is C12H21NO2. The minimum absolute atomic E-state index is 0.0132. The van der Waals surface area contributed by atoms with Gasteiger partial charge in [0.15, 0.2) is 0 Å². The minimum atomic E-state index is 0.0132. The molecule has 0 unspecified atom stereocenters. The highest BCUT2D eigenvalue weighted by Crippen LogP contribution is 2.29. The van der Waals surface area contributed by atoms with Gasteiger partial charge in [0.2, 0.25) is 0 Å². The number of hydrogen-bond acceptors (Lipinski definition) is 3. The molecule has 0 aromatic rings. The molecule has 86 valence electrons. The van der Waals surface area contributed by atoms with Gasteiger partial charge in [-0.1, -0.05) is 20.3 Å². The van der Waals surface area contributed by atoms with Crippen molar-refractivity contribution in [3.63, 3.8) is 0 Å². The fraction of sp³-hybridized carbons (Fsp3) is 0.917. The molecule has 2 saturated heterocycles. The Hall–Kier alpha value is -0.570. The molecule has 2 atom stereocenters. The second-order valence-electron chi connectivity index (χ2n) is 5.11. The molecule has 0 aromatic heterocycles. The van der Waals surface area contributed by atoms with E-state index in [1.165, 1.54) is 19.3 Å². The van der Waals surface area contributed by atoms with Crippen LogP contribution in [0.5, 0.6) is 0 Å². The molecular weight excluding hydrogens is 190 g/mol. The van der Waals surface area contributed by atoms with Crippen molar-refractivity contribution in [3.05, 3.63) is 0 Å². The van der Waals surface area contributed by atoms with E-state index in [4.69, 9.17) is 4.74 Å². The number of piperidine rings is 1. The van der Waals surface area contributed by atoms with Crippen molar-refractivity contribution < 1.29 is 9.53 Å². The van der Waals surface area contributed by atoms with Gasteiger partial charge in [0, 0.05) is 6.54 Å². The van der Waals surface area contributed by atoms with Gasteiger partial charge in [-0.15, -0.1) is 0 Å². The van der Waals surface area contributed by atoms with E-state index < -0.39 is 0 Å². The number of ether oxygens (including phenoxy) is 1. The van der Waals surface area contributed by atoms with Crippen molar-refractivity contribution in [2.45, 2.75) is 39.2 Å². The van der Waals surface area contributed by atoms with Gasteiger partial charge in [-0.3, -0.25) is 4.79 Å². The lowest BCUT2D eigenvalue weighted by molar-refractivity contribution is -0.192. The fourth-order valence-corrected chi connectivity index (χ4v) is 2.56. The van der Waals surface area contributed by atoms with Crippen molar-refractivity contribution in [1.82, 2.24) is 4.90 Å². The number of nitrogens with zero attached hydrogens (tertiary/aromatic N) is 1. The van der Waals surface area contributed by atoms with Gasteiger partial charge in [-0.2, -0.15) is 0 Å². The second-order valence-corrected chi connectivity index (χ2v) is 5.11. The van der Waals surface area contributed by atoms with Crippen LogP contribution >= 0.6 is 0 Å². The molecule has 0 aliphatic carbocycles. The maximum absolute atomic E-state index is 11.4. The van der Waals surface area contributed by atoms with E-state index in [9.17, 15) is 4.79 Å². The summed E-state index contributed by atoms with van der Waals surface area (Å²) in [6.07, 6.45) is 4.08. The maximum atomic E-state index is 11.4. The van der Waals surface area contributed by atoms with E-state index in [-0.39, 0.29) is 18.0 Å². The molecule has 2 rings (SSSR count). The average Bonchev–Trinajstić information content (AvgIpc) is 2.23. The number of rotatable bonds is 3. The summed E-state index contributed by atoms with van der Waals surface area (Å²) in [5.41, 5.74) is 0. The number of cyclic esters (lactones) is 1. The molecule has 0 N–H and O–H groups in total. The largest absolute Gasteiger partial charge is 0.461 e. The second kappa shape index (κ2) is 4.52. The molecule has 2 aliphatic rings. The van der Waals surface area contributed by atoms with E-state index in [1.54, 1.807) is 0 Å². The molecule has 0 spiro atoms. The van der Waals surface area contributed by atoms with Crippen LogP contribution < -0.4 is 0 Å². The molecule has 2 aliphatic heterocycles. The summed E-state index contributed by atoms with van der Waals surface area (Å²) in [6.45, 7) is 7.49. The summed E-state index contributed by atoms with van der Waals surface area (Å²) in [5.74, 6) is 0.611. The van der Waals surface area contributed by atoms with Crippen molar-refractivity contribution in [1.29, 1.82) is 0 Å². The van der Waals surface area contributed by atoms with Crippen LogP contribution in [0.2, 0.25) is 0 Å². The molecule has 0 aromatic carbocycles. The van der Waals surface area contributed by atoms with Crippen molar-refractivity contribution in [2.24, 2.45) is 11.8 Å². The van der Waals surface area contributed by atoms with Crippen molar-refractivity contribution in [3.8, 4) is 0 Å². The molecule has 3 heteroatoms. The third kappa shape index (κ3) is 2.33. The highest BCUT2D eigenvalue weighted by Gasteiger charge is 2.44. The molecule has 2 fully saturated rings. The van der Waals surface area contributed by atoms with E-state index in [0.29, 0.717) is 5.92 Å². The van der Waals surface area contributed by atoms with Gasteiger partial charge in [-0.05, 0) is 31.8 Å². The van der Waals surface area contributed by atoms with Crippen LogP contribution in [0.3, 0.4) is 0 Å². The SMILES string of the molecule is CC(C)[C@@H]1OC(=O)[C@@H]1CN1CCCCC1. The minimum Gasteiger partial charge on any atom is -0.461 e. The van der Waals surface area contributed by atoms with E-state index in [0.717, 1.165) is 19.6 Å². The Morgan fingerprint density at radius 1 is 1.33 bits per heavy atom. The smallest absolute Gasteiger partial charge is 0.314 e. The van der Waals surface area contributed by atoms with Gasteiger partial charge in [0.05, 0.1) is 0 Å². The Balaban J connectivity index is 1.84. The monoisotopic (exact) mass is 211 g/mol. The Labute approximate surface area is 91.8 Å². The first-order valence-corrected chi connectivity index (χ1v) is 6.11. The van der Waals surface area contributed by atoms with Gasteiger partial charge >= 0.3 is 5.97 Å². The Morgan fingerprint density at radius 2 is 2.00 bits per heavy atom. The highest BCUT2D eigenvalue weighted by atomic mass is 16.6. The van der Waals surface area contributed by atoms with Gasteiger partial charge in [0.1, 0.15) is 12.0 Å². The predicted molar refractivity (Wildman–Crippen MR) is 58.5 cm³/mol. The summed E-state index contributed by atoms with van der Waals surface area (Å²) in [7, 11) is 0. The summed E-state index contributed by atoms with van der Waals surface area (Å²) in [6, 6.07) is 0. The van der Waals surface area contributed by atoms with E-state index in [2.05, 4.69) is 18.7 Å². The molecule has 0 radical (unpaired) electrons. The van der Waals surface area contributed by atoms with E-state index in [1.807, 2.05) is 0 Å². The zero-order chi connectivity index (χ0) is 10.8. The standard InChI is InChI=1S/C12H21NO2/c1-9(2)11-10(12(14)15-11)8-13-6-4-3-5-7-13/h9-11H,3-8H2,1-2H3/t10-,11+/m1/s1. The summed E-state index contributed by atoms with van der Waals surface area (Å²) >= 11 is 0. The molecule has 3 nitrogen and oxygen atoms in total. The van der Waals surface area contributed by atoms with E-state index >= 15 is 0 Å². The van der Waals surface area contributed by atoms with Crippen LogP contribution in [0.1, 0.15) is 33.1 Å². The number of hydrogen-bond donors (Lipinski definition) is 0. The first-order valence-electron chi connectivity index (χ1n) is 6.11. The lowest BCUT2D eigenvalue weighted by Gasteiger charge is -2.41. The Bertz CT molecular complexity index is 234. The molecule has 15 heavy (non-hydrogen) atoms. The van der Waals surface area contributed by atoms with Crippen LogP contribution in [0.15, 0.2) is 0 Å². The fourth-order valence-electron chi connectivity index (χ4n) is 2.56. The number of esters is 1. The normalized spacial score (nSPS) is 32.6. The summed E-state index contributed by atoms with van der Waals surface area (Å²) < 4.78 is 5.19. The van der Waals surface area contributed by atoms with Crippen LogP contribution in [-0.2, 0) is 9.53 Å². The van der Waals surface area contributed by atoms with Crippen LogP contribution in [0.4, 0.5) is 0 Å². The highest BCUT2D eigenvalue weighted by molar-refractivity contribution is 5.78. The Morgan fingerprint density at radius 3 is 2.53 bits per heavy atom. The lowest BCUT2D eigenvalue weighted by Crippen LogP contribution is -2.53. The molecule has 0 bridgehead atoms. The first-order chi connectivity index (χ1) is 7.18. The van der Waals surface area contributed by atoms with Crippen molar-refractivity contribution in [2.75, 3.05) is 19.6 Å². The van der Waals surface area contributed by atoms with Crippen LogP contribution in [-0.4, -0.2) is 36.6 Å². The zero-order valence-electron chi connectivity index (χ0n) is 9.74. The zero-order valence-corrected chi connectivity index (χ0v) is 9.74. The quantitative estimate of drug-likeness (QED) is 0.665. The van der Waals surface area contributed by atoms with Gasteiger partial charge in [0.25, 0.3) is 0 Å². The topological polar surface area (TPSA) is 29.5 Å². The molecule has 0 saturated carbocycles. The van der Waals surface area contributed by atoms with Gasteiger partial charge < -0.3 is 9.64 Å². The Kier molecular flexibility index (Phi) is 3.29. The van der Waals surface area contributed by atoms with Crippen molar-refractivity contribution >= 4 is 5.97 Å². The molecule has 0 amide bonds. The summed E-state index contributed by atoms with van der Waals surface area (Å²) in [5, 5.41) is 0. The first kappa shape index (κ1) is 10.9. The third-order valence-electron chi connectivity index (χ3n) is 3.51. The number of likely N-dealkylation sites (tertiary alicyclic amines) is 1. The van der Waals surface area contributed by atoms with Crippen LogP contribution in [0, 0.1) is 11.8 Å². The number of carbonyl (C=O) groups is 1. The van der Waals surface area contributed by atoms with Crippen LogP contribution in [0.25, 0.3) is 0 Å². The lowest BCUT2D eigenvalue weighted by atomic mass is 9.87. The average molecular weight is 211 g/mol. The number of carbonyl (C=O) groups excluding carboxylic acids is 1. The molecule has 2 heterocycles. The third-order valence-corrected chi connectivity index (χ3v) is 3.51. The predicted octanol–water partition coefficient (Wildman–Crippen LogP) is 1.67. The maximum Gasteiger partial charge on any atom is 0.314 e. The van der Waals surface area contributed by atoms with Gasteiger partial charge in [-0.25, -0.2) is 0 Å².